The summed E-state index contributed by atoms with van der Waals surface area (Å²) in [6.07, 6.45) is 2.63. The van der Waals surface area contributed by atoms with Gasteiger partial charge in [0.2, 0.25) is 0 Å². The molecular weight excluding hydrogens is 162 g/mol. The molecule has 3 heterocycles. The van der Waals surface area contributed by atoms with Gasteiger partial charge in [-0.05, 0) is 26.8 Å². The van der Waals surface area contributed by atoms with Crippen LogP contribution in [-0.2, 0) is 7.05 Å². The van der Waals surface area contributed by atoms with E-state index < -0.39 is 0 Å². The summed E-state index contributed by atoms with van der Waals surface area (Å²) in [5, 5.41) is 4.50. The third-order valence-electron chi connectivity index (χ3n) is 3.66. The van der Waals surface area contributed by atoms with E-state index in [1.54, 1.807) is 0 Å². The van der Waals surface area contributed by atoms with Crippen LogP contribution in [-0.4, -0.2) is 21.7 Å². The highest BCUT2D eigenvalue weighted by Gasteiger charge is 2.45. The van der Waals surface area contributed by atoms with Crippen LogP contribution in [0.5, 0.6) is 0 Å². The molecule has 2 aliphatic heterocycles. The highest BCUT2D eigenvalue weighted by atomic mass is 15.3. The number of aryl methyl sites for hydroxylation is 2. The summed E-state index contributed by atoms with van der Waals surface area (Å²) in [4.78, 5) is 2.50. The molecule has 70 valence electrons. The maximum Gasteiger partial charge on any atom is 0.0645 e. The molecule has 13 heavy (non-hydrogen) atoms. The predicted octanol–water partition coefficient (Wildman–Crippen LogP) is 1.55. The minimum atomic E-state index is 0.645. The van der Waals surface area contributed by atoms with Crippen molar-refractivity contribution in [3.63, 3.8) is 0 Å². The molecule has 1 saturated heterocycles. The molecule has 0 N–H and O–H groups in total. The number of hydrogen-bond acceptors (Lipinski definition) is 2. The van der Waals surface area contributed by atoms with E-state index in [1.165, 1.54) is 29.8 Å². The summed E-state index contributed by atoms with van der Waals surface area (Å²) in [6.45, 7) is 2.13. The van der Waals surface area contributed by atoms with Gasteiger partial charge in [0, 0.05) is 18.7 Å². The van der Waals surface area contributed by atoms with Gasteiger partial charge in [0.1, 0.15) is 0 Å². The van der Waals surface area contributed by atoms with Crippen LogP contribution in [0.25, 0.3) is 0 Å². The first-order valence-electron chi connectivity index (χ1n) is 4.95. The zero-order chi connectivity index (χ0) is 9.16. The zero-order valence-electron chi connectivity index (χ0n) is 8.41. The third kappa shape index (κ3) is 0.718. The molecule has 0 amide bonds. The summed E-state index contributed by atoms with van der Waals surface area (Å²) in [5.74, 6) is 0. The Labute approximate surface area is 78.3 Å². The Morgan fingerprint density at radius 1 is 1.23 bits per heavy atom. The van der Waals surface area contributed by atoms with Crippen LogP contribution in [0.2, 0.25) is 0 Å². The number of fused-ring (bicyclic) bond motifs is 5. The quantitative estimate of drug-likeness (QED) is 0.599. The maximum absolute atomic E-state index is 4.50. The molecule has 3 rings (SSSR count). The molecule has 2 unspecified atom stereocenters. The molecule has 0 saturated carbocycles. The van der Waals surface area contributed by atoms with Gasteiger partial charge in [0.05, 0.1) is 17.4 Å². The summed E-state index contributed by atoms with van der Waals surface area (Å²) in [5.41, 5.74) is 4.22. The monoisotopic (exact) mass is 177 g/mol. The van der Waals surface area contributed by atoms with Crippen LogP contribution in [0.15, 0.2) is 0 Å². The van der Waals surface area contributed by atoms with Crippen molar-refractivity contribution in [2.24, 2.45) is 7.05 Å². The van der Waals surface area contributed by atoms with Gasteiger partial charge >= 0.3 is 0 Å². The van der Waals surface area contributed by atoms with Gasteiger partial charge in [0.25, 0.3) is 0 Å². The van der Waals surface area contributed by atoms with E-state index in [9.17, 15) is 0 Å². The SMILES string of the molecule is Cc1nn(C)c2c1C1CCC2N1C. The van der Waals surface area contributed by atoms with E-state index in [2.05, 4.69) is 35.7 Å². The Morgan fingerprint density at radius 2 is 1.92 bits per heavy atom. The summed E-state index contributed by atoms with van der Waals surface area (Å²) < 4.78 is 2.07. The van der Waals surface area contributed by atoms with E-state index in [-0.39, 0.29) is 0 Å². The van der Waals surface area contributed by atoms with Crippen LogP contribution in [0, 0.1) is 6.92 Å². The minimum absolute atomic E-state index is 0.645. The Morgan fingerprint density at radius 3 is 2.62 bits per heavy atom. The highest BCUT2D eigenvalue weighted by Crippen LogP contribution is 2.52. The van der Waals surface area contributed by atoms with Crippen molar-refractivity contribution >= 4 is 0 Å². The van der Waals surface area contributed by atoms with Crippen molar-refractivity contribution in [3.05, 3.63) is 17.0 Å². The normalized spacial score (nSPS) is 31.3. The fourth-order valence-corrected chi connectivity index (χ4v) is 3.12. The third-order valence-corrected chi connectivity index (χ3v) is 3.66. The molecule has 0 radical (unpaired) electrons. The van der Waals surface area contributed by atoms with Gasteiger partial charge in [-0.1, -0.05) is 0 Å². The number of nitrogens with zero attached hydrogens (tertiary/aromatic N) is 3. The standard InChI is InChI=1S/C10H15N3/c1-6-9-7-4-5-8(12(7)2)10(9)13(3)11-6/h7-8H,4-5H2,1-3H3. The average molecular weight is 177 g/mol. The van der Waals surface area contributed by atoms with E-state index >= 15 is 0 Å². The molecule has 0 aromatic carbocycles. The lowest BCUT2D eigenvalue weighted by Crippen LogP contribution is -2.15. The summed E-state index contributed by atoms with van der Waals surface area (Å²) in [7, 11) is 4.31. The number of aromatic nitrogens is 2. The second-order valence-corrected chi connectivity index (χ2v) is 4.28. The molecular formula is C10H15N3. The van der Waals surface area contributed by atoms with Crippen LogP contribution in [0.1, 0.15) is 41.9 Å². The largest absolute Gasteiger partial charge is 0.291 e. The smallest absolute Gasteiger partial charge is 0.0645 e. The lowest BCUT2D eigenvalue weighted by Gasteiger charge is -2.15. The van der Waals surface area contributed by atoms with E-state index in [1.807, 2.05) is 0 Å². The maximum atomic E-state index is 4.50. The van der Waals surface area contributed by atoms with Crippen molar-refractivity contribution in [1.29, 1.82) is 0 Å². The Bertz CT molecular complexity index is 334. The molecule has 0 spiro atoms. The molecule has 0 aliphatic carbocycles. The summed E-state index contributed by atoms with van der Waals surface area (Å²) >= 11 is 0. The van der Waals surface area contributed by atoms with Crippen molar-refractivity contribution < 1.29 is 0 Å². The second-order valence-electron chi connectivity index (χ2n) is 4.28. The van der Waals surface area contributed by atoms with Gasteiger partial charge in [-0.15, -0.1) is 0 Å². The predicted molar refractivity (Wildman–Crippen MR) is 50.4 cm³/mol. The minimum Gasteiger partial charge on any atom is -0.291 e. The van der Waals surface area contributed by atoms with Gasteiger partial charge in [-0.25, -0.2) is 0 Å². The van der Waals surface area contributed by atoms with Crippen molar-refractivity contribution in [3.8, 4) is 0 Å². The van der Waals surface area contributed by atoms with Crippen molar-refractivity contribution in [1.82, 2.24) is 14.7 Å². The molecule has 3 nitrogen and oxygen atoms in total. The lowest BCUT2D eigenvalue weighted by atomic mass is 9.96. The first kappa shape index (κ1) is 7.56. The molecule has 2 atom stereocenters. The summed E-state index contributed by atoms with van der Waals surface area (Å²) in [6, 6.07) is 1.31. The Kier molecular flexibility index (Phi) is 1.25. The first-order chi connectivity index (χ1) is 6.20. The van der Waals surface area contributed by atoms with E-state index in [0.717, 1.165) is 0 Å². The Hall–Kier alpha value is -0.830. The van der Waals surface area contributed by atoms with Crippen molar-refractivity contribution in [2.75, 3.05) is 7.05 Å². The number of hydrogen-bond donors (Lipinski definition) is 0. The first-order valence-corrected chi connectivity index (χ1v) is 4.95. The molecule has 2 aliphatic rings. The molecule has 3 heteroatoms. The van der Waals surface area contributed by atoms with Gasteiger partial charge in [-0.3, -0.25) is 9.58 Å². The average Bonchev–Trinajstić information content (AvgIpc) is 2.67. The second kappa shape index (κ2) is 2.15. The number of rotatable bonds is 0. The van der Waals surface area contributed by atoms with Crippen molar-refractivity contribution in [2.45, 2.75) is 31.8 Å². The van der Waals surface area contributed by atoms with Gasteiger partial charge < -0.3 is 0 Å². The van der Waals surface area contributed by atoms with Gasteiger partial charge in [-0.2, -0.15) is 5.10 Å². The van der Waals surface area contributed by atoms with Crippen LogP contribution in [0.4, 0.5) is 0 Å². The lowest BCUT2D eigenvalue weighted by molar-refractivity contribution is 0.271. The fraction of sp³-hybridized carbons (Fsp3) is 0.700. The van der Waals surface area contributed by atoms with Crippen LogP contribution >= 0.6 is 0 Å². The molecule has 1 aromatic heterocycles. The van der Waals surface area contributed by atoms with Gasteiger partial charge in [0.15, 0.2) is 0 Å². The molecule has 1 aromatic rings. The zero-order valence-corrected chi connectivity index (χ0v) is 8.41. The van der Waals surface area contributed by atoms with E-state index in [0.29, 0.717) is 12.1 Å². The molecule has 2 bridgehead atoms. The highest BCUT2D eigenvalue weighted by molar-refractivity contribution is 5.38. The fourth-order valence-electron chi connectivity index (χ4n) is 3.12. The van der Waals surface area contributed by atoms with Crippen LogP contribution < -0.4 is 0 Å². The Balaban J connectivity index is 2.26. The topological polar surface area (TPSA) is 21.1 Å². The molecule has 1 fully saturated rings. The van der Waals surface area contributed by atoms with E-state index in [4.69, 9.17) is 0 Å². The van der Waals surface area contributed by atoms with Crippen LogP contribution in [0.3, 0.4) is 0 Å².